The van der Waals surface area contributed by atoms with E-state index in [2.05, 4.69) is 50.6 Å². The first-order chi connectivity index (χ1) is 18.4. The van der Waals surface area contributed by atoms with Crippen LogP contribution in [0.25, 0.3) is 0 Å². The summed E-state index contributed by atoms with van der Waals surface area (Å²) in [6.45, 7) is 14.4. The summed E-state index contributed by atoms with van der Waals surface area (Å²) >= 11 is 0. The number of rotatable bonds is 8. The molecule has 0 bridgehead atoms. The lowest BCUT2D eigenvalue weighted by Gasteiger charge is -2.58. The van der Waals surface area contributed by atoms with Gasteiger partial charge in [0.05, 0.1) is 10.6 Å². The number of hydrogen-bond acceptors (Lipinski definition) is 3. The maximum absolute atomic E-state index is 12.8. The maximum atomic E-state index is 12.8. The Balaban J connectivity index is 1.28. The smallest absolute Gasteiger partial charge is 0.200 e. The predicted molar refractivity (Wildman–Crippen MR) is 162 cm³/mol. The topological polar surface area (TPSA) is 58.5 Å². The van der Waals surface area contributed by atoms with Crippen LogP contribution in [0.4, 0.5) is 0 Å². The summed E-state index contributed by atoms with van der Waals surface area (Å²) in [5.74, 6) is 5.05. The Hall–Kier alpha value is -1.62. The highest BCUT2D eigenvalue weighted by atomic mass is 32.2. The van der Waals surface area contributed by atoms with Crippen molar-refractivity contribution in [3.63, 3.8) is 0 Å². The second-order valence-electron chi connectivity index (χ2n) is 14.5. The summed E-state index contributed by atoms with van der Waals surface area (Å²) in [4.78, 5) is 2.78. The molecule has 4 aliphatic rings. The van der Waals surface area contributed by atoms with Gasteiger partial charge in [0, 0.05) is 0 Å². The molecular weight excluding hydrogens is 500 g/mol. The molecule has 3 fully saturated rings. The largest absolute Gasteiger partial charge is 0.276 e. The Morgan fingerprint density at radius 3 is 2.41 bits per heavy atom. The molecule has 39 heavy (non-hydrogen) atoms. The van der Waals surface area contributed by atoms with Crippen molar-refractivity contribution >= 4 is 15.7 Å². The van der Waals surface area contributed by atoms with Crippen LogP contribution in [0.1, 0.15) is 111 Å². The molecule has 0 spiro atoms. The van der Waals surface area contributed by atoms with Crippen molar-refractivity contribution < 1.29 is 8.42 Å². The molecule has 0 aromatic heterocycles. The van der Waals surface area contributed by atoms with Crippen LogP contribution >= 0.6 is 0 Å². The molecule has 1 aromatic carbocycles. The van der Waals surface area contributed by atoms with Crippen LogP contribution in [0.5, 0.6) is 0 Å². The molecule has 216 valence electrons. The van der Waals surface area contributed by atoms with Gasteiger partial charge in [0.15, 0.2) is 0 Å². The summed E-state index contributed by atoms with van der Waals surface area (Å²) in [6, 6.07) is 6.94. The van der Waals surface area contributed by atoms with Crippen molar-refractivity contribution in [3.8, 4) is 0 Å². The Kier molecular flexibility index (Phi) is 8.14. The number of hydrazone groups is 1. The molecule has 7 atom stereocenters. The number of hydrogen-bond donors (Lipinski definition) is 1. The Labute approximate surface area is 238 Å². The number of nitrogens with one attached hydrogen (secondary N) is 1. The Morgan fingerprint density at radius 1 is 0.949 bits per heavy atom. The van der Waals surface area contributed by atoms with Gasteiger partial charge in [-0.05, 0) is 123 Å². The minimum Gasteiger partial charge on any atom is -0.200 e. The van der Waals surface area contributed by atoms with Crippen molar-refractivity contribution in [1.82, 2.24) is 4.83 Å². The molecule has 0 amide bonds. The first-order valence-electron chi connectivity index (χ1n) is 15.8. The Morgan fingerprint density at radius 2 is 1.69 bits per heavy atom. The summed E-state index contributed by atoms with van der Waals surface area (Å²) in [5, 5.41) is 4.41. The van der Waals surface area contributed by atoms with Crippen molar-refractivity contribution in [3.05, 3.63) is 41.5 Å². The molecule has 1 aromatic rings. The standard InChI is InChI=1S/C34H52N2O2S/c1-23(2)8-7-9-25(4)30-16-17-31-29-15-12-26-22-27(18-20-33(26,5)32(29)19-21-34(30,31)6)35-36-39(37,38)28-13-10-24(3)11-14-28/h10-11,13-14,22-23,25,29-32,36H,7-9,12,15-21H2,1-6H3/b35-27+/t25-,29+,30-,31+,32+,33+,34-/m1/s1. The molecule has 1 N–H and O–H groups in total. The fraction of sp³-hybridized carbons (Fsp3) is 0.735. The molecule has 0 unspecified atom stereocenters. The zero-order chi connectivity index (χ0) is 28.0. The number of allylic oxidation sites excluding steroid dienone is 2. The summed E-state index contributed by atoms with van der Waals surface area (Å²) < 4.78 is 25.6. The highest BCUT2D eigenvalue weighted by Crippen LogP contribution is 2.67. The van der Waals surface area contributed by atoms with Gasteiger partial charge in [-0.2, -0.15) is 18.4 Å². The number of nitrogens with zero attached hydrogens (tertiary/aromatic N) is 1. The normalized spacial score (nSPS) is 36.2. The van der Waals surface area contributed by atoms with Gasteiger partial charge in [-0.25, -0.2) is 0 Å². The van der Waals surface area contributed by atoms with E-state index in [0.717, 1.165) is 66.0 Å². The minimum atomic E-state index is -3.65. The summed E-state index contributed by atoms with van der Waals surface area (Å²) in [7, 11) is -3.65. The van der Waals surface area contributed by atoms with Crippen LogP contribution in [-0.4, -0.2) is 14.1 Å². The lowest BCUT2D eigenvalue weighted by molar-refractivity contribution is -0.0573. The maximum Gasteiger partial charge on any atom is 0.276 e. The first-order valence-corrected chi connectivity index (χ1v) is 17.3. The van der Waals surface area contributed by atoms with Gasteiger partial charge in [-0.3, -0.25) is 0 Å². The van der Waals surface area contributed by atoms with Crippen molar-refractivity contribution in [2.45, 2.75) is 117 Å². The third-order valence-electron chi connectivity index (χ3n) is 11.8. The van der Waals surface area contributed by atoms with Crippen LogP contribution in [-0.2, 0) is 10.0 Å². The fourth-order valence-corrected chi connectivity index (χ4v) is 10.4. The third kappa shape index (κ3) is 5.51. The zero-order valence-corrected chi connectivity index (χ0v) is 26.1. The zero-order valence-electron chi connectivity index (χ0n) is 25.3. The van der Waals surface area contributed by atoms with Crippen LogP contribution in [0.2, 0.25) is 0 Å². The molecule has 5 rings (SSSR count). The molecule has 0 heterocycles. The average Bonchev–Trinajstić information content (AvgIpc) is 3.25. The highest BCUT2D eigenvalue weighted by molar-refractivity contribution is 7.89. The SMILES string of the molecule is Cc1ccc(S(=O)(=O)N/N=C2/C=C3CC[C@H]4[C@@H]5CC[C@H]([C@H](C)CCCC(C)C)[C@@]5(C)CC[C@@H]4[C@@]3(C)CC2)cc1. The lowest BCUT2D eigenvalue weighted by Crippen LogP contribution is -2.51. The fourth-order valence-electron chi connectivity index (χ4n) is 9.57. The molecular formula is C34H52N2O2S. The van der Waals surface area contributed by atoms with Crippen molar-refractivity contribution in [1.29, 1.82) is 0 Å². The van der Waals surface area contributed by atoms with E-state index in [4.69, 9.17) is 0 Å². The van der Waals surface area contributed by atoms with Crippen molar-refractivity contribution in [2.24, 2.45) is 51.4 Å². The van der Waals surface area contributed by atoms with Crippen LogP contribution in [0.15, 0.2) is 45.9 Å². The quantitative estimate of drug-likeness (QED) is 0.328. The van der Waals surface area contributed by atoms with E-state index in [-0.39, 0.29) is 10.3 Å². The van der Waals surface area contributed by atoms with E-state index in [1.807, 2.05) is 19.1 Å². The van der Waals surface area contributed by atoms with E-state index < -0.39 is 10.0 Å². The Bertz CT molecular complexity index is 1200. The van der Waals surface area contributed by atoms with Gasteiger partial charge in [0.1, 0.15) is 0 Å². The van der Waals surface area contributed by atoms with Gasteiger partial charge >= 0.3 is 0 Å². The molecule has 4 aliphatic carbocycles. The van der Waals surface area contributed by atoms with Gasteiger partial charge in [-0.15, -0.1) is 0 Å². The van der Waals surface area contributed by atoms with E-state index in [1.165, 1.54) is 56.9 Å². The predicted octanol–water partition coefficient (Wildman–Crippen LogP) is 8.67. The van der Waals surface area contributed by atoms with Gasteiger partial charge in [0.2, 0.25) is 0 Å². The molecule has 0 saturated heterocycles. The lowest BCUT2D eigenvalue weighted by atomic mass is 9.46. The summed E-state index contributed by atoms with van der Waals surface area (Å²) in [5.41, 5.74) is 4.20. The van der Waals surface area contributed by atoms with Crippen molar-refractivity contribution in [2.75, 3.05) is 0 Å². The van der Waals surface area contributed by atoms with E-state index >= 15 is 0 Å². The molecule has 0 radical (unpaired) electrons. The minimum absolute atomic E-state index is 0.236. The van der Waals surface area contributed by atoms with Crippen LogP contribution < -0.4 is 4.83 Å². The second kappa shape index (κ2) is 11.0. The first kappa shape index (κ1) is 28.9. The number of aryl methyl sites for hydroxylation is 1. The summed E-state index contributed by atoms with van der Waals surface area (Å²) in [6.07, 6.45) is 16.4. The van der Waals surface area contributed by atoms with Gasteiger partial charge < -0.3 is 0 Å². The highest BCUT2D eigenvalue weighted by Gasteiger charge is 2.59. The molecule has 5 heteroatoms. The monoisotopic (exact) mass is 552 g/mol. The van der Waals surface area contributed by atoms with Crippen LogP contribution in [0, 0.1) is 53.3 Å². The van der Waals surface area contributed by atoms with E-state index in [0.29, 0.717) is 5.41 Å². The van der Waals surface area contributed by atoms with Gasteiger partial charge in [-0.1, -0.05) is 77.2 Å². The molecule has 3 saturated carbocycles. The van der Waals surface area contributed by atoms with Gasteiger partial charge in [0.25, 0.3) is 10.0 Å². The average molecular weight is 553 g/mol. The van der Waals surface area contributed by atoms with E-state index in [1.54, 1.807) is 12.1 Å². The molecule has 4 nitrogen and oxygen atoms in total. The number of benzene rings is 1. The molecule has 0 aliphatic heterocycles. The van der Waals surface area contributed by atoms with Crippen LogP contribution in [0.3, 0.4) is 0 Å². The van der Waals surface area contributed by atoms with E-state index in [9.17, 15) is 8.42 Å². The number of fused-ring (bicyclic) bond motifs is 5. The number of sulfonamides is 1. The third-order valence-corrected chi connectivity index (χ3v) is 13.0. The second-order valence-corrected chi connectivity index (χ2v) is 16.2.